The van der Waals surface area contributed by atoms with Crippen molar-refractivity contribution in [2.75, 3.05) is 0 Å². The van der Waals surface area contributed by atoms with Gasteiger partial charge in [-0.15, -0.1) is 11.3 Å². The van der Waals surface area contributed by atoms with Crippen molar-refractivity contribution in [2.45, 2.75) is 12.6 Å². The van der Waals surface area contributed by atoms with E-state index in [-0.39, 0.29) is 12.0 Å². The van der Waals surface area contributed by atoms with Crippen LogP contribution in [0.3, 0.4) is 0 Å². The highest BCUT2D eigenvalue weighted by atomic mass is 79.9. The zero-order chi connectivity index (χ0) is 14.9. The molecule has 2 aromatic rings. The highest BCUT2D eigenvalue weighted by Crippen LogP contribution is 2.35. The third-order valence-corrected chi connectivity index (χ3v) is 5.02. The molecule has 0 unspecified atom stereocenters. The summed E-state index contributed by atoms with van der Waals surface area (Å²) in [7, 11) is 0. The van der Waals surface area contributed by atoms with Crippen LogP contribution in [0.1, 0.15) is 20.8 Å². The van der Waals surface area contributed by atoms with E-state index >= 15 is 0 Å². The van der Waals surface area contributed by atoms with Crippen molar-refractivity contribution in [2.24, 2.45) is 0 Å². The summed E-state index contributed by atoms with van der Waals surface area (Å²) in [4.78, 5) is 12.8. The van der Waals surface area contributed by atoms with Gasteiger partial charge in [0.25, 0.3) is 0 Å². The number of ketones is 1. The van der Waals surface area contributed by atoms with Gasteiger partial charge in [0.15, 0.2) is 5.78 Å². The summed E-state index contributed by atoms with van der Waals surface area (Å²) in [5.74, 6) is -0.548. The second-order valence-electron chi connectivity index (χ2n) is 3.98. The number of hydrogen-bond acceptors (Lipinski definition) is 2. The molecule has 20 heavy (non-hydrogen) atoms. The zero-order valence-corrected chi connectivity index (χ0v) is 13.8. The van der Waals surface area contributed by atoms with E-state index in [4.69, 9.17) is 0 Å². The van der Waals surface area contributed by atoms with E-state index < -0.39 is 17.5 Å². The van der Waals surface area contributed by atoms with Crippen LogP contribution in [0.15, 0.2) is 38.6 Å². The van der Waals surface area contributed by atoms with Gasteiger partial charge in [-0.2, -0.15) is 13.2 Å². The number of carbonyl (C=O) groups excluding carboxylic acids is 1. The van der Waals surface area contributed by atoms with E-state index in [1.54, 1.807) is 11.4 Å². The zero-order valence-electron chi connectivity index (χ0n) is 9.80. The minimum Gasteiger partial charge on any atom is -0.294 e. The van der Waals surface area contributed by atoms with Crippen molar-refractivity contribution < 1.29 is 18.0 Å². The molecule has 0 aliphatic rings. The van der Waals surface area contributed by atoms with Gasteiger partial charge in [-0.05, 0) is 45.6 Å². The molecule has 0 spiro atoms. The third kappa shape index (κ3) is 3.51. The predicted molar refractivity (Wildman–Crippen MR) is 79.2 cm³/mol. The lowest BCUT2D eigenvalue weighted by Gasteiger charge is -2.12. The Morgan fingerprint density at radius 2 is 1.90 bits per heavy atom. The molecular formula is C13H7Br2F3OS. The first-order valence-electron chi connectivity index (χ1n) is 5.41. The second-order valence-corrected chi connectivity index (χ2v) is 6.75. The number of carbonyl (C=O) groups is 1. The van der Waals surface area contributed by atoms with Gasteiger partial charge in [0.05, 0.1) is 5.56 Å². The van der Waals surface area contributed by atoms with Crippen LogP contribution in [-0.2, 0) is 12.6 Å². The molecule has 0 N–H and O–H groups in total. The highest BCUT2D eigenvalue weighted by molar-refractivity contribution is 9.10. The van der Waals surface area contributed by atoms with Crippen molar-refractivity contribution in [3.63, 3.8) is 0 Å². The topological polar surface area (TPSA) is 17.1 Å². The molecule has 0 saturated heterocycles. The Bertz CT molecular complexity index is 649. The van der Waals surface area contributed by atoms with Crippen molar-refractivity contribution in [1.82, 2.24) is 0 Å². The molecule has 0 aliphatic carbocycles. The molecule has 1 nitrogen and oxygen atoms in total. The Morgan fingerprint density at radius 3 is 2.45 bits per heavy atom. The van der Waals surface area contributed by atoms with E-state index in [2.05, 4.69) is 31.9 Å². The Balaban J connectivity index is 2.37. The quantitative estimate of drug-likeness (QED) is 0.572. The van der Waals surface area contributed by atoms with E-state index in [0.29, 0.717) is 9.35 Å². The molecule has 0 fully saturated rings. The maximum absolute atomic E-state index is 13.0. The Kier molecular flexibility index (Phi) is 4.71. The molecule has 7 heteroatoms. The van der Waals surface area contributed by atoms with Gasteiger partial charge in [0.1, 0.15) is 0 Å². The number of halogens is 5. The lowest BCUT2D eigenvalue weighted by Crippen LogP contribution is -2.14. The fraction of sp³-hybridized carbons (Fsp3) is 0.154. The molecule has 0 aliphatic heterocycles. The molecule has 0 bridgehead atoms. The molecule has 1 aromatic heterocycles. The Morgan fingerprint density at radius 1 is 1.20 bits per heavy atom. The fourth-order valence-corrected chi connectivity index (χ4v) is 3.54. The summed E-state index contributed by atoms with van der Waals surface area (Å²) >= 11 is 7.59. The lowest BCUT2D eigenvalue weighted by atomic mass is 10.0. The summed E-state index contributed by atoms with van der Waals surface area (Å²) in [5, 5.41) is 1.78. The van der Waals surface area contributed by atoms with E-state index in [9.17, 15) is 18.0 Å². The van der Waals surface area contributed by atoms with Crippen LogP contribution in [0.5, 0.6) is 0 Å². The molecular weight excluding hydrogens is 421 g/mol. The maximum Gasteiger partial charge on any atom is 0.417 e. The molecule has 1 aromatic carbocycles. The standard InChI is InChI=1S/C13H7Br2F3OS/c14-7-1-2-8(9(5-7)13(16,17)18)11(19)6-12-10(15)3-4-20-12/h1-5H,6H2. The minimum absolute atomic E-state index is 0.0526. The van der Waals surface area contributed by atoms with Crippen LogP contribution in [-0.4, -0.2) is 5.78 Å². The summed E-state index contributed by atoms with van der Waals surface area (Å²) < 4.78 is 39.9. The number of Topliss-reactive ketones (excluding diaryl/α,β-unsaturated/α-hetero) is 1. The normalized spacial score (nSPS) is 11.7. The number of rotatable bonds is 3. The van der Waals surface area contributed by atoms with Crippen LogP contribution in [0.2, 0.25) is 0 Å². The molecule has 106 valence electrons. The average Bonchev–Trinajstić information content (AvgIpc) is 2.73. The number of benzene rings is 1. The average molecular weight is 428 g/mol. The first-order valence-corrected chi connectivity index (χ1v) is 7.87. The van der Waals surface area contributed by atoms with Crippen LogP contribution in [0, 0.1) is 0 Å². The maximum atomic E-state index is 13.0. The molecule has 2 rings (SSSR count). The second kappa shape index (κ2) is 5.99. The summed E-state index contributed by atoms with van der Waals surface area (Å²) in [6, 6.07) is 5.33. The van der Waals surface area contributed by atoms with Gasteiger partial charge in [-0.1, -0.05) is 15.9 Å². The molecule has 0 atom stereocenters. The van der Waals surface area contributed by atoms with E-state index in [0.717, 1.165) is 10.5 Å². The van der Waals surface area contributed by atoms with Crippen molar-refractivity contribution in [3.05, 3.63) is 54.6 Å². The van der Waals surface area contributed by atoms with Crippen LogP contribution >= 0.6 is 43.2 Å². The van der Waals surface area contributed by atoms with E-state index in [1.807, 2.05) is 0 Å². The summed E-state index contributed by atoms with van der Waals surface area (Å²) in [6.45, 7) is 0. The summed E-state index contributed by atoms with van der Waals surface area (Å²) in [5.41, 5.74) is -1.22. The number of thiophene rings is 1. The number of alkyl halides is 3. The molecule has 0 radical (unpaired) electrons. The Hall–Kier alpha value is -0.660. The largest absolute Gasteiger partial charge is 0.417 e. The van der Waals surface area contributed by atoms with E-state index in [1.165, 1.54) is 23.5 Å². The minimum atomic E-state index is -4.55. The van der Waals surface area contributed by atoms with Gasteiger partial charge < -0.3 is 0 Å². The smallest absolute Gasteiger partial charge is 0.294 e. The predicted octanol–water partition coefficient (Wildman–Crippen LogP) is 5.72. The van der Waals surface area contributed by atoms with Crippen LogP contribution < -0.4 is 0 Å². The highest BCUT2D eigenvalue weighted by Gasteiger charge is 2.35. The van der Waals surface area contributed by atoms with Crippen molar-refractivity contribution >= 4 is 49.0 Å². The first kappa shape index (κ1) is 15.7. The third-order valence-electron chi connectivity index (χ3n) is 2.60. The van der Waals surface area contributed by atoms with Gasteiger partial charge >= 0.3 is 6.18 Å². The monoisotopic (exact) mass is 426 g/mol. The Labute approximate surface area is 134 Å². The van der Waals surface area contributed by atoms with Crippen LogP contribution in [0.25, 0.3) is 0 Å². The molecule has 0 saturated carbocycles. The SMILES string of the molecule is O=C(Cc1sccc1Br)c1ccc(Br)cc1C(F)(F)F. The van der Waals surface area contributed by atoms with Crippen molar-refractivity contribution in [1.29, 1.82) is 0 Å². The first-order chi connectivity index (χ1) is 9.29. The lowest BCUT2D eigenvalue weighted by molar-refractivity contribution is -0.137. The van der Waals surface area contributed by atoms with Gasteiger partial charge in [-0.3, -0.25) is 4.79 Å². The van der Waals surface area contributed by atoms with Crippen LogP contribution in [0.4, 0.5) is 13.2 Å². The number of hydrogen-bond donors (Lipinski definition) is 0. The summed E-state index contributed by atoms with van der Waals surface area (Å²) in [6.07, 6.45) is -4.61. The molecule has 0 amide bonds. The van der Waals surface area contributed by atoms with Gasteiger partial charge in [0.2, 0.25) is 0 Å². The van der Waals surface area contributed by atoms with Gasteiger partial charge in [-0.25, -0.2) is 0 Å². The van der Waals surface area contributed by atoms with Gasteiger partial charge in [0, 0.05) is 25.8 Å². The molecule has 1 heterocycles. The fourth-order valence-electron chi connectivity index (χ4n) is 1.69. The van der Waals surface area contributed by atoms with Crippen molar-refractivity contribution in [3.8, 4) is 0 Å².